The largest absolute Gasteiger partial charge is 0.298 e. The second-order valence-corrected chi connectivity index (χ2v) is 8.48. The molecular weight excluding hydrogens is 344 g/mol. The molecule has 1 aliphatic heterocycles. The van der Waals surface area contributed by atoms with Crippen LogP contribution in [0.3, 0.4) is 0 Å². The SMILES string of the molecule is Cn1c(C2CCCN2Cc2nc3c(s2)CCC3)nc2ccccc2c1=O. The highest BCUT2D eigenvalue weighted by Crippen LogP contribution is 2.34. The fourth-order valence-electron chi connectivity index (χ4n) is 4.33. The molecule has 2 aromatic heterocycles. The Kier molecular flexibility index (Phi) is 3.90. The quantitative estimate of drug-likeness (QED) is 0.714. The number of fused-ring (bicyclic) bond motifs is 2. The van der Waals surface area contributed by atoms with Gasteiger partial charge < -0.3 is 0 Å². The Balaban J connectivity index is 1.49. The van der Waals surface area contributed by atoms with Crippen LogP contribution in [0.2, 0.25) is 0 Å². The number of para-hydroxylation sites is 1. The van der Waals surface area contributed by atoms with E-state index in [-0.39, 0.29) is 11.6 Å². The lowest BCUT2D eigenvalue weighted by atomic mass is 10.1. The van der Waals surface area contributed by atoms with Gasteiger partial charge in [-0.15, -0.1) is 11.3 Å². The lowest BCUT2D eigenvalue weighted by molar-refractivity contribution is 0.234. The number of nitrogens with zero attached hydrogens (tertiary/aromatic N) is 4. The number of hydrogen-bond donors (Lipinski definition) is 0. The first kappa shape index (κ1) is 16.1. The van der Waals surface area contributed by atoms with Crippen molar-refractivity contribution in [1.82, 2.24) is 19.4 Å². The van der Waals surface area contributed by atoms with Gasteiger partial charge in [0.1, 0.15) is 10.8 Å². The third-order valence-electron chi connectivity index (χ3n) is 5.66. The van der Waals surface area contributed by atoms with Gasteiger partial charge in [-0.3, -0.25) is 14.3 Å². The minimum atomic E-state index is 0.0469. The predicted molar refractivity (Wildman–Crippen MR) is 104 cm³/mol. The average molecular weight is 366 g/mol. The monoisotopic (exact) mass is 366 g/mol. The number of benzene rings is 1. The fraction of sp³-hybridized carbons (Fsp3) is 0.450. The average Bonchev–Trinajstić information content (AvgIpc) is 3.35. The summed E-state index contributed by atoms with van der Waals surface area (Å²) in [6.07, 6.45) is 5.76. The third-order valence-corrected chi connectivity index (χ3v) is 6.80. The number of rotatable bonds is 3. The summed E-state index contributed by atoms with van der Waals surface area (Å²) in [6.45, 7) is 1.91. The molecule has 0 bridgehead atoms. The van der Waals surface area contributed by atoms with E-state index in [0.29, 0.717) is 5.39 Å². The van der Waals surface area contributed by atoms with Gasteiger partial charge in [0.05, 0.1) is 29.2 Å². The van der Waals surface area contributed by atoms with E-state index in [4.69, 9.17) is 9.97 Å². The molecule has 2 aliphatic rings. The number of hydrogen-bond acceptors (Lipinski definition) is 5. The van der Waals surface area contributed by atoms with Crippen LogP contribution in [0.15, 0.2) is 29.1 Å². The van der Waals surface area contributed by atoms with Crippen LogP contribution in [0.4, 0.5) is 0 Å². The smallest absolute Gasteiger partial charge is 0.261 e. The van der Waals surface area contributed by atoms with Gasteiger partial charge in [0, 0.05) is 11.9 Å². The van der Waals surface area contributed by atoms with Gasteiger partial charge in [-0.05, 0) is 50.8 Å². The van der Waals surface area contributed by atoms with Crippen LogP contribution < -0.4 is 5.56 Å². The molecule has 1 saturated heterocycles. The lowest BCUT2D eigenvalue weighted by Gasteiger charge is -2.24. The fourth-order valence-corrected chi connectivity index (χ4v) is 5.51. The van der Waals surface area contributed by atoms with Crippen molar-refractivity contribution in [2.24, 2.45) is 7.05 Å². The maximum absolute atomic E-state index is 12.8. The highest BCUT2D eigenvalue weighted by molar-refractivity contribution is 7.11. The minimum Gasteiger partial charge on any atom is -0.298 e. The van der Waals surface area contributed by atoms with E-state index in [0.717, 1.165) is 43.7 Å². The van der Waals surface area contributed by atoms with E-state index in [9.17, 15) is 4.79 Å². The second-order valence-electron chi connectivity index (χ2n) is 7.31. The summed E-state index contributed by atoms with van der Waals surface area (Å²) in [5.41, 5.74) is 2.16. The Hall–Kier alpha value is -2.05. The van der Waals surface area contributed by atoms with Crippen LogP contribution in [0, 0.1) is 0 Å². The van der Waals surface area contributed by atoms with Gasteiger partial charge in [0.25, 0.3) is 5.56 Å². The highest BCUT2D eigenvalue weighted by atomic mass is 32.1. The summed E-state index contributed by atoms with van der Waals surface area (Å²) in [7, 11) is 1.85. The Morgan fingerprint density at radius 3 is 2.96 bits per heavy atom. The first-order valence-corrected chi connectivity index (χ1v) is 10.2. The summed E-state index contributed by atoms with van der Waals surface area (Å²) >= 11 is 1.87. The first-order chi connectivity index (χ1) is 12.7. The zero-order valence-corrected chi connectivity index (χ0v) is 15.8. The molecule has 134 valence electrons. The molecule has 5 nitrogen and oxygen atoms in total. The minimum absolute atomic E-state index is 0.0469. The lowest BCUT2D eigenvalue weighted by Crippen LogP contribution is -2.30. The topological polar surface area (TPSA) is 51.0 Å². The normalized spacial score (nSPS) is 20.1. The van der Waals surface area contributed by atoms with E-state index >= 15 is 0 Å². The highest BCUT2D eigenvalue weighted by Gasteiger charge is 2.31. The Morgan fingerprint density at radius 2 is 2.08 bits per heavy atom. The van der Waals surface area contributed by atoms with Crippen LogP contribution in [0.25, 0.3) is 10.9 Å². The van der Waals surface area contributed by atoms with Crippen LogP contribution in [-0.2, 0) is 26.4 Å². The van der Waals surface area contributed by atoms with Crippen molar-refractivity contribution in [1.29, 1.82) is 0 Å². The van der Waals surface area contributed by atoms with Crippen LogP contribution >= 0.6 is 11.3 Å². The van der Waals surface area contributed by atoms with Gasteiger partial charge >= 0.3 is 0 Å². The van der Waals surface area contributed by atoms with Gasteiger partial charge in [-0.2, -0.15) is 0 Å². The zero-order valence-electron chi connectivity index (χ0n) is 14.9. The molecule has 0 radical (unpaired) electrons. The van der Waals surface area contributed by atoms with Crippen molar-refractivity contribution >= 4 is 22.2 Å². The van der Waals surface area contributed by atoms with Gasteiger partial charge in [0.2, 0.25) is 0 Å². The number of thiazole rings is 1. The summed E-state index contributed by atoms with van der Waals surface area (Å²) in [4.78, 5) is 26.4. The van der Waals surface area contributed by atoms with E-state index in [1.54, 1.807) is 4.57 Å². The Morgan fingerprint density at radius 1 is 1.19 bits per heavy atom. The summed E-state index contributed by atoms with van der Waals surface area (Å²) < 4.78 is 1.74. The molecule has 26 heavy (non-hydrogen) atoms. The molecule has 1 aliphatic carbocycles. The van der Waals surface area contributed by atoms with E-state index in [2.05, 4.69) is 4.90 Å². The van der Waals surface area contributed by atoms with Crippen molar-refractivity contribution in [3.8, 4) is 0 Å². The van der Waals surface area contributed by atoms with Crippen molar-refractivity contribution in [3.05, 3.63) is 56.0 Å². The van der Waals surface area contributed by atoms with Crippen LogP contribution in [0.5, 0.6) is 0 Å². The number of aromatic nitrogens is 3. The molecule has 0 saturated carbocycles. The molecule has 3 heterocycles. The first-order valence-electron chi connectivity index (χ1n) is 9.38. The molecule has 0 N–H and O–H groups in total. The van der Waals surface area contributed by atoms with E-state index in [1.165, 1.54) is 28.4 Å². The summed E-state index contributed by atoms with van der Waals surface area (Å²) in [5.74, 6) is 0.885. The van der Waals surface area contributed by atoms with Gasteiger partial charge in [0.15, 0.2) is 0 Å². The maximum Gasteiger partial charge on any atom is 0.261 e. The Bertz CT molecular complexity index is 1020. The maximum atomic E-state index is 12.8. The molecule has 3 aromatic rings. The van der Waals surface area contributed by atoms with Crippen molar-refractivity contribution in [3.63, 3.8) is 0 Å². The predicted octanol–water partition coefficient (Wildman–Crippen LogP) is 3.22. The molecule has 6 heteroatoms. The summed E-state index contributed by atoms with van der Waals surface area (Å²) in [5, 5.41) is 1.91. The van der Waals surface area contributed by atoms with Gasteiger partial charge in [-0.25, -0.2) is 9.97 Å². The zero-order chi connectivity index (χ0) is 17.7. The Labute approximate surface area is 156 Å². The molecule has 0 spiro atoms. The van der Waals surface area contributed by atoms with Crippen molar-refractivity contribution in [2.75, 3.05) is 6.54 Å². The number of aryl methyl sites for hydroxylation is 2. The van der Waals surface area contributed by atoms with Gasteiger partial charge in [-0.1, -0.05) is 12.1 Å². The summed E-state index contributed by atoms with van der Waals surface area (Å²) in [6, 6.07) is 7.83. The number of likely N-dealkylation sites (tertiary alicyclic amines) is 1. The van der Waals surface area contributed by atoms with E-state index < -0.39 is 0 Å². The molecule has 0 amide bonds. The second kappa shape index (κ2) is 6.28. The molecule has 1 aromatic carbocycles. The molecule has 5 rings (SSSR count). The third kappa shape index (κ3) is 2.59. The molecule has 1 atom stereocenters. The van der Waals surface area contributed by atoms with Crippen LogP contribution in [0.1, 0.15) is 46.7 Å². The standard InChI is InChI=1S/C20H22N4OS/c1-23-19(22-14-7-3-2-6-13(14)20(23)25)16-9-5-11-24(16)12-18-21-15-8-4-10-17(15)26-18/h2-3,6-7,16H,4-5,8-12H2,1H3. The molecule has 1 fully saturated rings. The van der Waals surface area contributed by atoms with E-state index in [1.807, 2.05) is 42.6 Å². The molecule has 1 unspecified atom stereocenters. The molecular formula is C20H22N4OS. The van der Waals surface area contributed by atoms with Crippen molar-refractivity contribution in [2.45, 2.75) is 44.7 Å². The van der Waals surface area contributed by atoms with Crippen LogP contribution in [-0.4, -0.2) is 26.0 Å². The van der Waals surface area contributed by atoms with Crippen molar-refractivity contribution < 1.29 is 0 Å².